The van der Waals surface area contributed by atoms with Crippen LogP contribution in [0.5, 0.6) is 11.5 Å². The number of hydrogen-bond acceptors (Lipinski definition) is 4. The van der Waals surface area contributed by atoms with Gasteiger partial charge in [0, 0.05) is 12.1 Å². The van der Waals surface area contributed by atoms with E-state index in [1.807, 2.05) is 20.8 Å². The Balaban J connectivity index is 2.20. The lowest BCUT2D eigenvalue weighted by atomic mass is 10.1. The zero-order valence-corrected chi connectivity index (χ0v) is 16.2. The fourth-order valence-electron chi connectivity index (χ4n) is 2.46. The Hall–Kier alpha value is -3.02. The lowest BCUT2D eigenvalue weighted by Gasteiger charge is -2.14. The normalized spacial score (nSPS) is 10.4. The molecule has 0 saturated carbocycles. The van der Waals surface area contributed by atoms with E-state index in [-0.39, 0.29) is 11.8 Å². The molecule has 27 heavy (non-hydrogen) atoms. The van der Waals surface area contributed by atoms with Crippen molar-refractivity contribution in [2.45, 2.75) is 20.8 Å². The molecule has 2 rings (SSSR count). The first kappa shape index (κ1) is 20.3. The third-order valence-corrected chi connectivity index (χ3v) is 3.82. The minimum absolute atomic E-state index is 0.219. The standard InChI is InChI=1S/C21H26N2O4/c1-5-27-18-11-10-15(12-19(18)26-4)20(24)23-17-9-7-6-8-16(17)21(25)22-13-14(2)3/h6-12,14H,5,13H2,1-4H3,(H,22,25)(H,23,24). The molecule has 2 N–H and O–H groups in total. The third kappa shape index (κ3) is 5.48. The molecular weight excluding hydrogens is 344 g/mol. The number of methoxy groups -OCH3 is 1. The summed E-state index contributed by atoms with van der Waals surface area (Å²) in [5, 5.41) is 5.67. The fourth-order valence-corrected chi connectivity index (χ4v) is 2.46. The van der Waals surface area contributed by atoms with Gasteiger partial charge in [0.25, 0.3) is 11.8 Å². The van der Waals surface area contributed by atoms with Crippen LogP contribution in [0.2, 0.25) is 0 Å². The Kier molecular flexibility index (Phi) is 7.23. The van der Waals surface area contributed by atoms with Crippen molar-refractivity contribution in [3.63, 3.8) is 0 Å². The fraction of sp³-hybridized carbons (Fsp3) is 0.333. The minimum Gasteiger partial charge on any atom is -0.493 e. The molecule has 0 saturated heterocycles. The number of para-hydroxylation sites is 1. The van der Waals surface area contributed by atoms with Crippen molar-refractivity contribution in [2.75, 3.05) is 25.6 Å². The van der Waals surface area contributed by atoms with Crippen LogP contribution < -0.4 is 20.1 Å². The van der Waals surface area contributed by atoms with Gasteiger partial charge in [-0.2, -0.15) is 0 Å². The first-order valence-electron chi connectivity index (χ1n) is 8.95. The van der Waals surface area contributed by atoms with Crippen LogP contribution in [0.3, 0.4) is 0 Å². The zero-order chi connectivity index (χ0) is 19.8. The molecule has 0 atom stereocenters. The van der Waals surface area contributed by atoms with Gasteiger partial charge in [-0.3, -0.25) is 9.59 Å². The van der Waals surface area contributed by atoms with Crippen molar-refractivity contribution in [1.82, 2.24) is 5.32 Å². The van der Waals surface area contributed by atoms with E-state index in [1.54, 1.807) is 42.5 Å². The first-order valence-corrected chi connectivity index (χ1v) is 8.95. The van der Waals surface area contributed by atoms with Crippen LogP contribution in [-0.2, 0) is 0 Å². The molecule has 0 unspecified atom stereocenters. The van der Waals surface area contributed by atoms with Crippen molar-refractivity contribution in [3.05, 3.63) is 53.6 Å². The zero-order valence-electron chi connectivity index (χ0n) is 16.2. The molecule has 6 heteroatoms. The van der Waals surface area contributed by atoms with Crippen molar-refractivity contribution >= 4 is 17.5 Å². The second-order valence-corrected chi connectivity index (χ2v) is 6.40. The van der Waals surface area contributed by atoms with E-state index in [1.165, 1.54) is 7.11 Å². The van der Waals surface area contributed by atoms with Crippen LogP contribution in [0.4, 0.5) is 5.69 Å². The summed E-state index contributed by atoms with van der Waals surface area (Å²) in [5.74, 6) is 0.842. The lowest BCUT2D eigenvalue weighted by Crippen LogP contribution is -2.28. The molecule has 0 fully saturated rings. The molecule has 0 aliphatic rings. The number of ether oxygens (including phenoxy) is 2. The van der Waals surface area contributed by atoms with E-state index < -0.39 is 0 Å². The summed E-state index contributed by atoms with van der Waals surface area (Å²) < 4.78 is 10.8. The SMILES string of the molecule is CCOc1ccc(C(=O)Nc2ccccc2C(=O)NCC(C)C)cc1OC. The molecule has 144 valence electrons. The highest BCUT2D eigenvalue weighted by Gasteiger charge is 2.16. The maximum atomic E-state index is 12.7. The van der Waals surface area contributed by atoms with Gasteiger partial charge in [-0.15, -0.1) is 0 Å². The number of anilines is 1. The van der Waals surface area contributed by atoms with Gasteiger partial charge < -0.3 is 20.1 Å². The van der Waals surface area contributed by atoms with E-state index >= 15 is 0 Å². The second-order valence-electron chi connectivity index (χ2n) is 6.40. The predicted molar refractivity (Wildman–Crippen MR) is 106 cm³/mol. The molecular formula is C21H26N2O4. The molecule has 0 bridgehead atoms. The summed E-state index contributed by atoms with van der Waals surface area (Å²) in [7, 11) is 1.52. The maximum absolute atomic E-state index is 12.7. The van der Waals surface area contributed by atoms with E-state index in [4.69, 9.17) is 9.47 Å². The lowest BCUT2D eigenvalue weighted by molar-refractivity contribution is 0.0950. The minimum atomic E-state index is -0.333. The van der Waals surface area contributed by atoms with Crippen LogP contribution >= 0.6 is 0 Å². The van der Waals surface area contributed by atoms with E-state index in [9.17, 15) is 9.59 Å². The second kappa shape index (κ2) is 9.62. The van der Waals surface area contributed by atoms with Crippen LogP contribution in [0, 0.1) is 5.92 Å². The summed E-state index contributed by atoms with van der Waals surface area (Å²) in [5.41, 5.74) is 1.29. The molecule has 2 aromatic rings. The van der Waals surface area contributed by atoms with Gasteiger partial charge in [0.2, 0.25) is 0 Å². The summed E-state index contributed by atoms with van der Waals surface area (Å²) in [6.45, 7) is 6.99. The largest absolute Gasteiger partial charge is 0.493 e. The van der Waals surface area contributed by atoms with E-state index in [0.717, 1.165) is 0 Å². The van der Waals surface area contributed by atoms with Crippen LogP contribution in [0.1, 0.15) is 41.5 Å². The number of rotatable bonds is 8. The van der Waals surface area contributed by atoms with Gasteiger partial charge in [-0.1, -0.05) is 26.0 Å². The smallest absolute Gasteiger partial charge is 0.255 e. The summed E-state index contributed by atoms with van der Waals surface area (Å²) >= 11 is 0. The highest BCUT2D eigenvalue weighted by Crippen LogP contribution is 2.28. The highest BCUT2D eigenvalue weighted by molar-refractivity contribution is 6.09. The molecule has 2 amide bonds. The molecule has 2 aromatic carbocycles. The first-order chi connectivity index (χ1) is 13.0. The summed E-state index contributed by atoms with van der Waals surface area (Å²) in [6, 6.07) is 11.9. The Labute approximate surface area is 159 Å². The molecule has 0 spiro atoms. The summed E-state index contributed by atoms with van der Waals surface area (Å²) in [6.07, 6.45) is 0. The number of carbonyl (C=O) groups excluding carboxylic acids is 2. The van der Waals surface area contributed by atoms with Crippen LogP contribution in [0.15, 0.2) is 42.5 Å². The van der Waals surface area contributed by atoms with Gasteiger partial charge in [0.05, 0.1) is 25.0 Å². The number of benzene rings is 2. The number of carbonyl (C=O) groups is 2. The number of hydrogen-bond donors (Lipinski definition) is 2. The van der Waals surface area contributed by atoms with Crippen molar-refractivity contribution in [2.24, 2.45) is 5.92 Å². The number of nitrogens with one attached hydrogen (secondary N) is 2. The highest BCUT2D eigenvalue weighted by atomic mass is 16.5. The molecule has 0 aliphatic heterocycles. The van der Waals surface area contributed by atoms with Crippen molar-refractivity contribution in [3.8, 4) is 11.5 Å². The quantitative estimate of drug-likeness (QED) is 0.742. The van der Waals surface area contributed by atoms with Crippen molar-refractivity contribution in [1.29, 1.82) is 0 Å². The molecule has 6 nitrogen and oxygen atoms in total. The van der Waals surface area contributed by atoms with Crippen molar-refractivity contribution < 1.29 is 19.1 Å². The van der Waals surface area contributed by atoms with Gasteiger partial charge >= 0.3 is 0 Å². The average molecular weight is 370 g/mol. The molecule has 0 aromatic heterocycles. The molecule has 0 aliphatic carbocycles. The van der Waals surface area contributed by atoms with E-state index in [2.05, 4.69) is 10.6 Å². The van der Waals surface area contributed by atoms with E-state index in [0.29, 0.717) is 47.4 Å². The Morgan fingerprint density at radius 1 is 1.04 bits per heavy atom. The third-order valence-electron chi connectivity index (χ3n) is 3.82. The average Bonchev–Trinajstić information content (AvgIpc) is 2.67. The summed E-state index contributed by atoms with van der Waals surface area (Å²) in [4.78, 5) is 25.1. The van der Waals surface area contributed by atoms with Gasteiger partial charge in [0.1, 0.15) is 0 Å². The Morgan fingerprint density at radius 2 is 1.78 bits per heavy atom. The Bertz CT molecular complexity index is 803. The van der Waals surface area contributed by atoms with Gasteiger partial charge in [0.15, 0.2) is 11.5 Å². The van der Waals surface area contributed by atoms with Crippen LogP contribution in [0.25, 0.3) is 0 Å². The Morgan fingerprint density at radius 3 is 2.44 bits per heavy atom. The monoisotopic (exact) mass is 370 g/mol. The molecule has 0 radical (unpaired) electrons. The topological polar surface area (TPSA) is 76.7 Å². The number of amides is 2. The van der Waals surface area contributed by atoms with Gasteiger partial charge in [-0.05, 0) is 43.2 Å². The maximum Gasteiger partial charge on any atom is 0.255 e. The van der Waals surface area contributed by atoms with Gasteiger partial charge in [-0.25, -0.2) is 0 Å². The van der Waals surface area contributed by atoms with Crippen LogP contribution in [-0.4, -0.2) is 32.1 Å². The molecule has 0 heterocycles. The predicted octanol–water partition coefficient (Wildman–Crippen LogP) is 3.73.